The minimum absolute atomic E-state index is 0.350. The van der Waals surface area contributed by atoms with Crippen LogP contribution in [0.3, 0.4) is 0 Å². The van der Waals surface area contributed by atoms with E-state index in [0.29, 0.717) is 23.6 Å². The number of nitrogens with one attached hydrogen (secondary N) is 2. The average molecular weight is 274 g/mol. The van der Waals surface area contributed by atoms with E-state index >= 15 is 0 Å². The molecule has 1 saturated carbocycles. The Kier molecular flexibility index (Phi) is 3.92. The molecule has 3 N–H and O–H groups in total. The van der Waals surface area contributed by atoms with Crippen molar-refractivity contribution in [2.24, 2.45) is 5.92 Å². The van der Waals surface area contributed by atoms with E-state index in [1.54, 1.807) is 12.1 Å². The molecule has 1 heterocycles. The van der Waals surface area contributed by atoms with E-state index in [1.807, 2.05) is 12.1 Å². The first-order valence-corrected chi connectivity index (χ1v) is 7.57. The first-order valence-electron chi connectivity index (χ1n) is 7.57. The lowest BCUT2D eigenvalue weighted by Gasteiger charge is -2.27. The van der Waals surface area contributed by atoms with Crippen molar-refractivity contribution in [3.63, 3.8) is 0 Å². The molecule has 4 nitrogen and oxygen atoms in total. The largest absolute Gasteiger partial charge is 0.478 e. The molecule has 3 atom stereocenters. The van der Waals surface area contributed by atoms with E-state index in [1.165, 1.54) is 32.1 Å². The third-order valence-electron chi connectivity index (χ3n) is 4.65. The molecule has 0 radical (unpaired) electrons. The molecule has 1 aliphatic heterocycles. The third-order valence-corrected chi connectivity index (χ3v) is 4.65. The van der Waals surface area contributed by atoms with Crippen LogP contribution in [0.1, 0.15) is 42.5 Å². The Morgan fingerprint density at radius 1 is 1.25 bits per heavy atom. The fraction of sp³-hybridized carbons (Fsp3) is 0.562. The van der Waals surface area contributed by atoms with Gasteiger partial charge in [0.05, 0.1) is 5.56 Å². The number of carboxylic acids is 1. The van der Waals surface area contributed by atoms with Crippen LogP contribution in [0.4, 0.5) is 5.69 Å². The predicted octanol–water partition coefficient (Wildman–Crippen LogP) is 2.72. The summed E-state index contributed by atoms with van der Waals surface area (Å²) in [5, 5.41) is 16.2. The zero-order valence-electron chi connectivity index (χ0n) is 11.6. The van der Waals surface area contributed by atoms with Gasteiger partial charge in [-0.2, -0.15) is 0 Å². The molecule has 20 heavy (non-hydrogen) atoms. The van der Waals surface area contributed by atoms with Gasteiger partial charge in [-0.05, 0) is 56.3 Å². The minimum atomic E-state index is -0.867. The predicted molar refractivity (Wildman–Crippen MR) is 79.2 cm³/mol. The van der Waals surface area contributed by atoms with Gasteiger partial charge in [-0.15, -0.1) is 0 Å². The molecule has 3 unspecified atom stereocenters. The number of aromatic carboxylic acids is 1. The Morgan fingerprint density at radius 3 is 2.90 bits per heavy atom. The normalized spacial score (nSPS) is 29.5. The van der Waals surface area contributed by atoms with Crippen LogP contribution in [0.5, 0.6) is 0 Å². The molecule has 0 spiro atoms. The van der Waals surface area contributed by atoms with E-state index in [-0.39, 0.29) is 0 Å². The van der Waals surface area contributed by atoms with Crippen molar-refractivity contribution in [1.82, 2.24) is 5.32 Å². The van der Waals surface area contributed by atoms with Crippen LogP contribution < -0.4 is 10.6 Å². The van der Waals surface area contributed by atoms with Crippen LogP contribution in [0.25, 0.3) is 0 Å². The summed E-state index contributed by atoms with van der Waals surface area (Å²) >= 11 is 0. The van der Waals surface area contributed by atoms with Crippen molar-refractivity contribution in [2.45, 2.75) is 44.2 Å². The van der Waals surface area contributed by atoms with Crippen LogP contribution in [0.2, 0.25) is 0 Å². The van der Waals surface area contributed by atoms with Crippen LogP contribution >= 0.6 is 0 Å². The highest BCUT2D eigenvalue weighted by molar-refractivity contribution is 5.88. The lowest BCUT2D eigenvalue weighted by Crippen LogP contribution is -2.38. The smallest absolute Gasteiger partial charge is 0.335 e. The molecule has 1 saturated heterocycles. The summed E-state index contributed by atoms with van der Waals surface area (Å²) in [4.78, 5) is 11.0. The Bertz CT molecular complexity index is 483. The zero-order chi connectivity index (χ0) is 13.9. The summed E-state index contributed by atoms with van der Waals surface area (Å²) in [6.45, 7) is 1.14. The Balaban J connectivity index is 1.69. The molecule has 3 rings (SSSR count). The molecular weight excluding hydrogens is 252 g/mol. The van der Waals surface area contributed by atoms with Gasteiger partial charge in [0, 0.05) is 17.8 Å². The van der Waals surface area contributed by atoms with Crippen LogP contribution in [-0.2, 0) is 0 Å². The maximum atomic E-state index is 11.0. The second-order valence-corrected chi connectivity index (χ2v) is 5.93. The van der Waals surface area contributed by atoms with Gasteiger partial charge in [0.2, 0.25) is 0 Å². The summed E-state index contributed by atoms with van der Waals surface area (Å²) in [7, 11) is 0. The molecule has 0 bridgehead atoms. The molecule has 0 aromatic heterocycles. The molecule has 1 aliphatic carbocycles. The second-order valence-electron chi connectivity index (χ2n) is 5.93. The third kappa shape index (κ3) is 2.80. The van der Waals surface area contributed by atoms with Gasteiger partial charge in [0.1, 0.15) is 0 Å². The van der Waals surface area contributed by atoms with Gasteiger partial charge < -0.3 is 15.7 Å². The monoisotopic (exact) mass is 274 g/mol. The van der Waals surface area contributed by atoms with Crippen molar-refractivity contribution in [3.05, 3.63) is 29.8 Å². The van der Waals surface area contributed by atoms with Crippen LogP contribution in [0, 0.1) is 5.92 Å². The maximum absolute atomic E-state index is 11.0. The van der Waals surface area contributed by atoms with E-state index in [4.69, 9.17) is 5.11 Å². The lowest BCUT2D eigenvalue weighted by atomic mass is 9.93. The van der Waals surface area contributed by atoms with Gasteiger partial charge in [-0.25, -0.2) is 4.79 Å². The van der Waals surface area contributed by atoms with Gasteiger partial charge in [0.25, 0.3) is 0 Å². The number of rotatable bonds is 4. The van der Waals surface area contributed by atoms with E-state index in [9.17, 15) is 4.79 Å². The molecule has 108 valence electrons. The molecular formula is C16H22N2O2. The summed E-state index contributed by atoms with van der Waals surface area (Å²) in [5.41, 5.74) is 1.28. The lowest BCUT2D eigenvalue weighted by molar-refractivity contribution is 0.0697. The van der Waals surface area contributed by atoms with Gasteiger partial charge in [-0.3, -0.25) is 0 Å². The SMILES string of the molecule is O=C(O)c1cccc(NC2CCCC2C2CCCN2)c1. The first kappa shape index (κ1) is 13.4. The van der Waals surface area contributed by atoms with Crippen LogP contribution in [0.15, 0.2) is 24.3 Å². The molecule has 1 aromatic carbocycles. The Labute approximate surface area is 119 Å². The maximum Gasteiger partial charge on any atom is 0.335 e. The highest BCUT2D eigenvalue weighted by Crippen LogP contribution is 2.34. The zero-order valence-corrected chi connectivity index (χ0v) is 11.6. The minimum Gasteiger partial charge on any atom is -0.478 e. The topological polar surface area (TPSA) is 61.4 Å². The van der Waals surface area contributed by atoms with Crippen molar-refractivity contribution in [2.75, 3.05) is 11.9 Å². The number of benzene rings is 1. The van der Waals surface area contributed by atoms with Crippen molar-refractivity contribution < 1.29 is 9.90 Å². The molecule has 2 fully saturated rings. The number of hydrogen-bond acceptors (Lipinski definition) is 3. The summed E-state index contributed by atoms with van der Waals surface area (Å²) < 4.78 is 0. The van der Waals surface area contributed by atoms with Crippen molar-refractivity contribution in [1.29, 1.82) is 0 Å². The van der Waals surface area contributed by atoms with E-state index in [0.717, 1.165) is 12.2 Å². The van der Waals surface area contributed by atoms with Gasteiger partial charge in [-0.1, -0.05) is 12.5 Å². The molecule has 1 aromatic rings. The summed E-state index contributed by atoms with van der Waals surface area (Å²) in [6, 6.07) is 8.25. The fourth-order valence-corrected chi connectivity index (χ4v) is 3.68. The average Bonchev–Trinajstić information content (AvgIpc) is 3.09. The van der Waals surface area contributed by atoms with Crippen LogP contribution in [-0.4, -0.2) is 29.7 Å². The molecule has 0 amide bonds. The van der Waals surface area contributed by atoms with Gasteiger partial charge >= 0.3 is 5.97 Å². The number of carboxylic acid groups (broad SMARTS) is 1. The highest BCUT2D eigenvalue weighted by atomic mass is 16.4. The fourth-order valence-electron chi connectivity index (χ4n) is 3.68. The first-order chi connectivity index (χ1) is 9.74. The van der Waals surface area contributed by atoms with Crippen molar-refractivity contribution >= 4 is 11.7 Å². The quantitative estimate of drug-likeness (QED) is 0.790. The number of hydrogen-bond donors (Lipinski definition) is 3. The number of carbonyl (C=O) groups is 1. The highest BCUT2D eigenvalue weighted by Gasteiger charge is 2.34. The molecule has 4 heteroatoms. The Morgan fingerprint density at radius 2 is 2.15 bits per heavy atom. The van der Waals surface area contributed by atoms with E-state index < -0.39 is 5.97 Å². The Hall–Kier alpha value is -1.55. The number of anilines is 1. The standard InChI is InChI=1S/C16H22N2O2/c19-16(20)11-4-1-5-12(10-11)18-15-7-2-6-13(15)14-8-3-9-17-14/h1,4-5,10,13-15,17-18H,2-3,6-9H2,(H,19,20). The van der Waals surface area contributed by atoms with Gasteiger partial charge in [0.15, 0.2) is 0 Å². The van der Waals surface area contributed by atoms with E-state index in [2.05, 4.69) is 10.6 Å². The molecule has 2 aliphatic rings. The van der Waals surface area contributed by atoms with Crippen molar-refractivity contribution in [3.8, 4) is 0 Å². The second kappa shape index (κ2) is 5.83. The summed E-state index contributed by atoms with van der Waals surface area (Å²) in [6.07, 6.45) is 6.27. The summed E-state index contributed by atoms with van der Waals surface area (Å²) in [5.74, 6) is -0.194.